The van der Waals surface area contributed by atoms with Crippen LogP contribution in [0, 0.1) is 5.82 Å². The Morgan fingerprint density at radius 3 is 2.66 bits per heavy atom. The number of carbonyl (C=O) groups is 1. The molecule has 0 bridgehead atoms. The maximum absolute atomic E-state index is 13.5. The molecule has 6 nitrogen and oxygen atoms in total. The Labute approximate surface area is 202 Å². The van der Waals surface area contributed by atoms with Crippen molar-refractivity contribution in [2.45, 2.75) is 25.0 Å². The molecule has 4 aromatic rings. The van der Waals surface area contributed by atoms with Crippen molar-refractivity contribution in [1.82, 2.24) is 0 Å². The molecule has 3 N–H and O–H groups in total. The first-order valence-electron chi connectivity index (χ1n) is 11.7. The number of likely N-dealkylation sites (tertiary alicyclic amines) is 1. The molecule has 0 aliphatic carbocycles. The Kier molecular flexibility index (Phi) is 6.28. The highest BCUT2D eigenvalue weighted by atomic mass is 19.1. The summed E-state index contributed by atoms with van der Waals surface area (Å²) in [6, 6.07) is 21.1. The number of quaternary nitrogens is 1. The topological polar surface area (TPSA) is 76.1 Å². The van der Waals surface area contributed by atoms with Crippen LogP contribution in [0.3, 0.4) is 0 Å². The first-order valence-corrected chi connectivity index (χ1v) is 11.7. The van der Waals surface area contributed by atoms with E-state index < -0.39 is 5.60 Å². The monoisotopic (exact) mass is 475 g/mol. The molecule has 1 aliphatic heterocycles. The second kappa shape index (κ2) is 9.52. The Hall–Kier alpha value is -3.68. The van der Waals surface area contributed by atoms with Crippen LogP contribution in [0.1, 0.15) is 34.5 Å². The molecule has 1 aliphatic rings. The molecular weight excluding hydrogens is 447 g/mol. The van der Waals surface area contributed by atoms with E-state index in [0.29, 0.717) is 29.9 Å². The molecule has 1 aromatic heterocycles. The van der Waals surface area contributed by atoms with E-state index in [4.69, 9.17) is 9.15 Å². The maximum Gasteiger partial charge on any atom is 0.291 e. The van der Waals surface area contributed by atoms with Crippen LogP contribution in [0.25, 0.3) is 11.0 Å². The van der Waals surface area contributed by atoms with Crippen LogP contribution >= 0.6 is 0 Å². The van der Waals surface area contributed by atoms with Gasteiger partial charge in [-0.2, -0.15) is 0 Å². The third kappa shape index (κ3) is 4.92. The van der Waals surface area contributed by atoms with E-state index in [1.807, 2.05) is 30.3 Å². The van der Waals surface area contributed by atoms with E-state index in [1.165, 1.54) is 11.0 Å². The number of furan rings is 1. The zero-order chi connectivity index (χ0) is 24.4. The standard InChI is InChI=1S/C28H27FN2O4/c1-34-25-8-3-2-7-23(25)30-27(32)26-17-20-16-21(9-10-24(20)35-26)28(33)11-13-31(14-12-28)18-19-5-4-6-22(29)15-19/h2-10,15-17,33H,11-14,18H2,1H3,(H,30,32)/p+1. The van der Waals surface area contributed by atoms with Crippen molar-refractivity contribution in [2.75, 3.05) is 25.5 Å². The predicted molar refractivity (Wildman–Crippen MR) is 131 cm³/mol. The van der Waals surface area contributed by atoms with Crippen molar-refractivity contribution in [1.29, 1.82) is 0 Å². The number of methoxy groups -OCH3 is 1. The smallest absolute Gasteiger partial charge is 0.291 e. The molecule has 0 saturated carbocycles. The Morgan fingerprint density at radius 1 is 1.09 bits per heavy atom. The molecule has 7 heteroatoms. The summed E-state index contributed by atoms with van der Waals surface area (Å²) < 4.78 is 24.6. The van der Waals surface area contributed by atoms with E-state index in [1.54, 1.807) is 43.5 Å². The van der Waals surface area contributed by atoms with E-state index in [0.717, 1.165) is 36.1 Å². The number of aliphatic hydroxyl groups is 1. The quantitative estimate of drug-likeness (QED) is 0.395. The largest absolute Gasteiger partial charge is 0.495 e. The van der Waals surface area contributed by atoms with E-state index in [9.17, 15) is 14.3 Å². The van der Waals surface area contributed by atoms with Gasteiger partial charge < -0.3 is 24.5 Å². The number of para-hydroxylation sites is 2. The molecule has 180 valence electrons. The molecule has 1 fully saturated rings. The maximum atomic E-state index is 13.5. The molecule has 1 amide bonds. The Morgan fingerprint density at radius 2 is 1.89 bits per heavy atom. The fraction of sp³-hybridized carbons (Fsp3) is 0.250. The summed E-state index contributed by atoms with van der Waals surface area (Å²) in [5, 5.41) is 15.0. The van der Waals surface area contributed by atoms with Crippen LogP contribution in [0.15, 0.2) is 77.2 Å². The second-order valence-electron chi connectivity index (χ2n) is 9.11. The normalized spacial score (nSPS) is 20.0. The summed E-state index contributed by atoms with van der Waals surface area (Å²) >= 11 is 0. The van der Waals surface area contributed by atoms with Crippen LogP contribution in [0.5, 0.6) is 5.75 Å². The van der Waals surface area contributed by atoms with Crippen LogP contribution < -0.4 is 15.0 Å². The average Bonchev–Trinajstić information content (AvgIpc) is 3.30. The molecule has 5 rings (SSSR count). The number of carbonyl (C=O) groups excluding carboxylic acids is 1. The number of benzene rings is 3. The average molecular weight is 476 g/mol. The van der Waals surface area contributed by atoms with Crippen molar-refractivity contribution < 1.29 is 28.3 Å². The van der Waals surface area contributed by atoms with Crippen LogP contribution in [0.2, 0.25) is 0 Å². The first kappa shape index (κ1) is 23.1. The lowest BCUT2D eigenvalue weighted by atomic mass is 9.84. The second-order valence-corrected chi connectivity index (χ2v) is 9.11. The van der Waals surface area contributed by atoms with Gasteiger partial charge in [-0.3, -0.25) is 4.79 Å². The van der Waals surface area contributed by atoms with E-state index in [2.05, 4.69) is 5.32 Å². The van der Waals surface area contributed by atoms with Gasteiger partial charge >= 0.3 is 0 Å². The summed E-state index contributed by atoms with van der Waals surface area (Å²) in [6.07, 6.45) is 1.20. The lowest BCUT2D eigenvalue weighted by Crippen LogP contribution is -3.12. The number of hydrogen-bond donors (Lipinski definition) is 3. The number of anilines is 1. The first-order chi connectivity index (χ1) is 16.9. The summed E-state index contributed by atoms with van der Waals surface area (Å²) in [5.41, 5.74) is 1.97. The highest BCUT2D eigenvalue weighted by Gasteiger charge is 2.36. The molecule has 0 unspecified atom stereocenters. The molecule has 0 radical (unpaired) electrons. The van der Waals surface area contributed by atoms with Gasteiger partial charge in [-0.1, -0.05) is 30.3 Å². The number of fused-ring (bicyclic) bond motifs is 1. The van der Waals surface area contributed by atoms with Gasteiger partial charge in [0.15, 0.2) is 5.76 Å². The van der Waals surface area contributed by atoms with Crippen LogP contribution in [0.4, 0.5) is 10.1 Å². The number of halogens is 1. The number of amides is 1. The van der Waals surface area contributed by atoms with Gasteiger partial charge in [0.2, 0.25) is 0 Å². The fourth-order valence-electron chi connectivity index (χ4n) is 4.79. The highest BCUT2D eigenvalue weighted by Crippen LogP contribution is 2.33. The van der Waals surface area contributed by atoms with Crippen molar-refractivity contribution in [2.24, 2.45) is 0 Å². The van der Waals surface area contributed by atoms with Crippen LogP contribution in [-0.2, 0) is 12.1 Å². The lowest BCUT2D eigenvalue weighted by molar-refractivity contribution is -0.921. The Bertz CT molecular complexity index is 1360. The molecule has 35 heavy (non-hydrogen) atoms. The summed E-state index contributed by atoms with van der Waals surface area (Å²) in [6.45, 7) is 2.30. The van der Waals surface area contributed by atoms with Gasteiger partial charge in [0.05, 0.1) is 25.9 Å². The minimum Gasteiger partial charge on any atom is -0.495 e. The lowest BCUT2D eigenvalue weighted by Gasteiger charge is -2.36. The van der Waals surface area contributed by atoms with E-state index >= 15 is 0 Å². The van der Waals surface area contributed by atoms with Crippen molar-refractivity contribution in [3.05, 3.63) is 95.5 Å². The number of nitrogens with one attached hydrogen (secondary N) is 2. The molecule has 2 heterocycles. The number of rotatable bonds is 6. The van der Waals surface area contributed by atoms with Crippen molar-refractivity contribution in [3.8, 4) is 5.75 Å². The summed E-state index contributed by atoms with van der Waals surface area (Å²) in [4.78, 5) is 14.1. The van der Waals surface area contributed by atoms with Crippen molar-refractivity contribution >= 4 is 22.6 Å². The number of piperidine rings is 1. The van der Waals surface area contributed by atoms with Crippen molar-refractivity contribution in [3.63, 3.8) is 0 Å². The summed E-state index contributed by atoms with van der Waals surface area (Å²) in [7, 11) is 1.55. The van der Waals surface area contributed by atoms with Crippen LogP contribution in [-0.4, -0.2) is 31.2 Å². The zero-order valence-corrected chi connectivity index (χ0v) is 19.5. The Balaban J connectivity index is 1.28. The SMILES string of the molecule is COc1ccccc1NC(=O)c1cc2cc(C3(O)CC[NH+](Cc4cccc(F)c4)CC3)ccc2o1. The van der Waals surface area contributed by atoms with Gasteiger partial charge in [0.1, 0.15) is 29.3 Å². The molecular formula is C28H28FN2O4+. The van der Waals surface area contributed by atoms with Gasteiger partial charge in [0, 0.05) is 23.8 Å². The highest BCUT2D eigenvalue weighted by molar-refractivity contribution is 6.05. The molecule has 0 atom stereocenters. The third-order valence-corrected chi connectivity index (χ3v) is 6.76. The van der Waals surface area contributed by atoms with Gasteiger partial charge in [0.25, 0.3) is 5.91 Å². The predicted octanol–water partition coefficient (Wildman–Crippen LogP) is 3.90. The zero-order valence-electron chi connectivity index (χ0n) is 19.5. The van der Waals surface area contributed by atoms with Gasteiger partial charge in [-0.15, -0.1) is 0 Å². The summed E-state index contributed by atoms with van der Waals surface area (Å²) in [5.74, 6) is 0.150. The van der Waals surface area contributed by atoms with E-state index in [-0.39, 0.29) is 17.5 Å². The molecule has 1 saturated heterocycles. The molecule has 0 spiro atoms. The minimum atomic E-state index is -0.948. The number of ether oxygens (including phenoxy) is 1. The fourth-order valence-corrected chi connectivity index (χ4v) is 4.79. The third-order valence-electron chi connectivity index (χ3n) is 6.76. The van der Waals surface area contributed by atoms with Gasteiger partial charge in [-0.25, -0.2) is 4.39 Å². The van der Waals surface area contributed by atoms with Gasteiger partial charge in [-0.05, 0) is 48.0 Å². The number of hydrogen-bond acceptors (Lipinski definition) is 4. The molecule has 3 aromatic carbocycles. The minimum absolute atomic E-state index is 0.185.